The molecule has 0 saturated carbocycles. The summed E-state index contributed by atoms with van der Waals surface area (Å²) in [5, 5.41) is 7.78. The van der Waals surface area contributed by atoms with E-state index in [9.17, 15) is 0 Å². The fourth-order valence-corrected chi connectivity index (χ4v) is 2.47. The minimum atomic E-state index is 0.435. The average Bonchev–Trinajstić information content (AvgIpc) is 3.13. The van der Waals surface area contributed by atoms with Crippen molar-refractivity contribution in [3.05, 3.63) is 54.2 Å². The highest BCUT2D eigenvalue weighted by atomic mass is 15.3. The first-order valence-electron chi connectivity index (χ1n) is 7.36. The van der Waals surface area contributed by atoms with Crippen molar-refractivity contribution < 1.29 is 0 Å². The molecule has 5 nitrogen and oxygen atoms in total. The Bertz CT molecular complexity index is 699. The van der Waals surface area contributed by atoms with Crippen molar-refractivity contribution in [2.24, 2.45) is 0 Å². The predicted octanol–water partition coefficient (Wildman–Crippen LogP) is 2.41. The molecule has 110 valence electrons. The molecule has 1 N–H and O–H groups in total. The van der Waals surface area contributed by atoms with Gasteiger partial charge in [-0.2, -0.15) is 5.10 Å². The van der Waals surface area contributed by atoms with Crippen molar-refractivity contribution in [3.8, 4) is 0 Å². The predicted molar refractivity (Wildman–Crippen MR) is 83.1 cm³/mol. The molecule has 3 aromatic heterocycles. The number of fused-ring (bicyclic) bond motifs is 1. The number of aromatic nitrogens is 4. The summed E-state index contributed by atoms with van der Waals surface area (Å²) < 4.78 is 4.12. The van der Waals surface area contributed by atoms with Gasteiger partial charge in [0.15, 0.2) is 0 Å². The van der Waals surface area contributed by atoms with Gasteiger partial charge in [0.2, 0.25) is 0 Å². The van der Waals surface area contributed by atoms with Crippen molar-refractivity contribution in [3.63, 3.8) is 0 Å². The second kappa shape index (κ2) is 6.10. The van der Waals surface area contributed by atoms with E-state index in [1.54, 1.807) is 0 Å². The van der Waals surface area contributed by atoms with Gasteiger partial charge in [0, 0.05) is 37.7 Å². The first-order chi connectivity index (χ1) is 10.2. The van der Waals surface area contributed by atoms with E-state index in [-0.39, 0.29) is 0 Å². The lowest BCUT2D eigenvalue weighted by Gasteiger charge is -2.13. The molecule has 3 aromatic rings. The van der Waals surface area contributed by atoms with Gasteiger partial charge in [-0.05, 0) is 38.0 Å². The summed E-state index contributed by atoms with van der Waals surface area (Å²) in [6, 6.07) is 6.55. The lowest BCUT2D eigenvalue weighted by Crippen LogP contribution is -2.27. The third-order valence-corrected chi connectivity index (χ3v) is 3.79. The number of rotatable bonds is 6. The molecule has 0 aliphatic rings. The largest absolute Gasteiger partial charge is 0.309 e. The molecule has 0 aromatic carbocycles. The van der Waals surface area contributed by atoms with E-state index < -0.39 is 0 Å². The van der Waals surface area contributed by atoms with E-state index in [1.165, 1.54) is 11.3 Å². The summed E-state index contributed by atoms with van der Waals surface area (Å²) in [5.74, 6) is 0. The minimum absolute atomic E-state index is 0.435. The molecule has 0 aliphatic heterocycles. The van der Waals surface area contributed by atoms with Gasteiger partial charge >= 0.3 is 0 Å². The van der Waals surface area contributed by atoms with Crippen LogP contribution in [0.4, 0.5) is 0 Å². The highest BCUT2D eigenvalue weighted by Crippen LogP contribution is 2.11. The molecule has 3 rings (SSSR count). The van der Waals surface area contributed by atoms with Gasteiger partial charge in [0.1, 0.15) is 5.65 Å². The number of pyridine rings is 1. The highest BCUT2D eigenvalue weighted by Gasteiger charge is 2.07. The van der Waals surface area contributed by atoms with Gasteiger partial charge in [0.05, 0.1) is 11.9 Å². The Morgan fingerprint density at radius 2 is 2.19 bits per heavy atom. The Balaban J connectivity index is 1.57. The summed E-state index contributed by atoms with van der Waals surface area (Å²) in [5.41, 5.74) is 3.44. The molecule has 5 heteroatoms. The fraction of sp³-hybridized carbons (Fsp3) is 0.375. The molecule has 0 aliphatic carbocycles. The number of imidazole rings is 1. The normalized spacial score (nSPS) is 12.9. The number of hydrogen-bond acceptors (Lipinski definition) is 3. The molecule has 0 bridgehead atoms. The monoisotopic (exact) mass is 283 g/mol. The van der Waals surface area contributed by atoms with Crippen molar-refractivity contribution in [1.82, 2.24) is 24.5 Å². The van der Waals surface area contributed by atoms with Crippen LogP contribution in [0.2, 0.25) is 0 Å². The first-order valence-corrected chi connectivity index (χ1v) is 7.36. The number of aryl methyl sites for hydroxylation is 2. The van der Waals surface area contributed by atoms with Crippen molar-refractivity contribution in [1.29, 1.82) is 0 Å². The molecule has 0 spiro atoms. The Labute approximate surface area is 124 Å². The molecule has 0 radical (unpaired) electrons. The number of nitrogens with one attached hydrogen (secondary N) is 1. The Hall–Kier alpha value is -2.14. The Morgan fingerprint density at radius 1 is 1.29 bits per heavy atom. The van der Waals surface area contributed by atoms with Crippen LogP contribution in [-0.4, -0.2) is 25.2 Å². The Morgan fingerprint density at radius 3 is 3.00 bits per heavy atom. The molecule has 21 heavy (non-hydrogen) atoms. The second-order valence-corrected chi connectivity index (χ2v) is 5.47. The molecule has 0 unspecified atom stereocenters. The molecule has 0 saturated heterocycles. The van der Waals surface area contributed by atoms with E-state index >= 15 is 0 Å². The van der Waals surface area contributed by atoms with Crippen LogP contribution in [0.25, 0.3) is 5.65 Å². The SMILES string of the molecule is Cc1cccn2c(CN[C@H](C)CCn3cccn3)cnc12. The van der Waals surface area contributed by atoms with E-state index in [2.05, 4.69) is 52.0 Å². The average molecular weight is 283 g/mol. The van der Waals surface area contributed by atoms with Crippen LogP contribution in [0.3, 0.4) is 0 Å². The summed E-state index contributed by atoms with van der Waals surface area (Å²) in [7, 11) is 0. The third-order valence-electron chi connectivity index (χ3n) is 3.79. The lowest BCUT2D eigenvalue weighted by atomic mass is 10.2. The molecule has 3 heterocycles. The maximum atomic E-state index is 4.49. The molecular formula is C16H21N5. The van der Waals surface area contributed by atoms with Gasteiger partial charge in [-0.1, -0.05) is 6.07 Å². The van der Waals surface area contributed by atoms with E-state index in [0.29, 0.717) is 6.04 Å². The Kier molecular flexibility index (Phi) is 4.01. The molecule has 1 atom stereocenters. The maximum absolute atomic E-state index is 4.49. The van der Waals surface area contributed by atoms with Crippen molar-refractivity contribution >= 4 is 5.65 Å². The van der Waals surface area contributed by atoms with E-state index in [4.69, 9.17) is 0 Å². The zero-order valence-corrected chi connectivity index (χ0v) is 12.5. The van der Waals surface area contributed by atoms with Crippen molar-refractivity contribution in [2.75, 3.05) is 0 Å². The molecule has 0 fully saturated rings. The van der Waals surface area contributed by atoms with Crippen LogP contribution >= 0.6 is 0 Å². The summed E-state index contributed by atoms with van der Waals surface area (Å²) in [6.45, 7) is 6.06. The van der Waals surface area contributed by atoms with E-state index in [0.717, 1.165) is 25.2 Å². The zero-order valence-electron chi connectivity index (χ0n) is 12.5. The zero-order chi connectivity index (χ0) is 14.7. The van der Waals surface area contributed by atoms with Crippen LogP contribution < -0.4 is 5.32 Å². The van der Waals surface area contributed by atoms with Gasteiger partial charge in [-0.15, -0.1) is 0 Å². The van der Waals surface area contributed by atoms with Gasteiger partial charge in [-0.25, -0.2) is 4.98 Å². The summed E-state index contributed by atoms with van der Waals surface area (Å²) in [4.78, 5) is 4.49. The lowest BCUT2D eigenvalue weighted by molar-refractivity contribution is 0.455. The smallest absolute Gasteiger partial charge is 0.139 e. The summed E-state index contributed by atoms with van der Waals surface area (Å²) in [6.07, 6.45) is 8.90. The van der Waals surface area contributed by atoms with Gasteiger partial charge in [0.25, 0.3) is 0 Å². The van der Waals surface area contributed by atoms with E-state index in [1.807, 2.05) is 29.3 Å². The van der Waals surface area contributed by atoms with Gasteiger partial charge < -0.3 is 9.72 Å². The highest BCUT2D eigenvalue weighted by molar-refractivity contribution is 5.48. The molecular weight excluding hydrogens is 262 g/mol. The first kappa shape index (κ1) is 13.8. The van der Waals surface area contributed by atoms with Crippen LogP contribution in [0.15, 0.2) is 43.0 Å². The third kappa shape index (κ3) is 3.13. The minimum Gasteiger partial charge on any atom is -0.309 e. The van der Waals surface area contributed by atoms with Crippen molar-refractivity contribution in [2.45, 2.75) is 39.4 Å². The topological polar surface area (TPSA) is 47.1 Å². The number of nitrogens with zero attached hydrogens (tertiary/aromatic N) is 4. The van der Waals surface area contributed by atoms with Crippen LogP contribution in [-0.2, 0) is 13.1 Å². The second-order valence-electron chi connectivity index (χ2n) is 5.47. The van der Waals surface area contributed by atoms with Gasteiger partial charge in [-0.3, -0.25) is 4.68 Å². The quantitative estimate of drug-likeness (QED) is 0.755. The standard InChI is InChI=1S/C16H21N5/c1-13-5-3-9-21-15(12-18-16(13)21)11-17-14(2)6-10-20-8-4-7-19-20/h3-5,7-9,12,14,17H,6,10-11H2,1-2H3/t14-/m1/s1. The van der Waals surface area contributed by atoms with Crippen LogP contribution in [0.5, 0.6) is 0 Å². The number of hydrogen-bond donors (Lipinski definition) is 1. The fourth-order valence-electron chi connectivity index (χ4n) is 2.47. The molecule has 0 amide bonds. The van der Waals surface area contributed by atoms with Crippen LogP contribution in [0.1, 0.15) is 24.6 Å². The summed E-state index contributed by atoms with van der Waals surface area (Å²) >= 11 is 0. The maximum Gasteiger partial charge on any atom is 0.139 e. The van der Waals surface area contributed by atoms with Crippen LogP contribution in [0, 0.1) is 6.92 Å².